The quantitative estimate of drug-likeness (QED) is 0.470. The average Bonchev–Trinajstić information content (AvgIpc) is 2.23. The fourth-order valence-corrected chi connectivity index (χ4v) is 3.37. The Hall–Kier alpha value is -0.885. The van der Waals surface area contributed by atoms with Crippen LogP contribution in [0.25, 0.3) is 0 Å². The highest BCUT2D eigenvalue weighted by Crippen LogP contribution is 2.23. The molecule has 0 heterocycles. The summed E-state index contributed by atoms with van der Waals surface area (Å²) < 4.78 is 22.4. The molecule has 104 valence electrons. The van der Waals surface area contributed by atoms with E-state index in [0.29, 0.717) is 28.5 Å². The first-order chi connectivity index (χ1) is 8.60. The molecule has 0 unspecified atom stereocenters. The van der Waals surface area contributed by atoms with Crippen LogP contribution in [0.5, 0.6) is 0 Å². The van der Waals surface area contributed by atoms with E-state index in [1.165, 1.54) is 0 Å². The highest BCUT2D eigenvalue weighted by Gasteiger charge is 2.25. The van der Waals surface area contributed by atoms with Gasteiger partial charge >= 0.3 is 7.12 Å². The predicted molar refractivity (Wildman–Crippen MR) is 74.3 cm³/mol. The highest BCUT2D eigenvalue weighted by atomic mass is 35.7. The number of carbonyl (C=O) groups excluding carboxylic acids is 1. The minimum Gasteiger partial charge on any atom is -0.423 e. The number of aldehydes is 1. The Kier molecular flexibility index (Phi) is 4.79. The van der Waals surface area contributed by atoms with E-state index in [1.807, 2.05) is 0 Å². The van der Waals surface area contributed by atoms with Gasteiger partial charge in [-0.2, -0.15) is 0 Å². The third-order valence-electron chi connectivity index (χ3n) is 3.21. The first-order valence-corrected chi connectivity index (χ1v) is 7.94. The second kappa shape index (κ2) is 5.62. The molecule has 0 fully saturated rings. The van der Waals surface area contributed by atoms with Crippen molar-refractivity contribution < 1.29 is 23.3 Å². The number of benzene rings is 1. The van der Waals surface area contributed by atoms with Crippen molar-refractivity contribution in [3.05, 3.63) is 27.8 Å². The van der Waals surface area contributed by atoms with Gasteiger partial charge in [-0.1, -0.05) is 0 Å². The van der Waals surface area contributed by atoms with Crippen LogP contribution < -0.4 is 5.46 Å². The van der Waals surface area contributed by atoms with E-state index in [1.54, 1.807) is 20.8 Å². The second-order valence-corrected chi connectivity index (χ2v) is 7.13. The molecule has 0 aliphatic carbocycles. The Morgan fingerprint density at radius 2 is 1.68 bits per heavy atom. The SMILES string of the molecule is Cc1c(C=O)c(C)c(B(O)O)c(C)c1CS(=O)(=O)Cl. The van der Waals surface area contributed by atoms with Crippen LogP contribution in [0.2, 0.25) is 0 Å². The molecule has 0 saturated heterocycles. The summed E-state index contributed by atoms with van der Waals surface area (Å²) in [5, 5.41) is 18.8. The van der Waals surface area contributed by atoms with Gasteiger partial charge in [0.1, 0.15) is 0 Å². The molecule has 0 aliphatic rings. The van der Waals surface area contributed by atoms with Gasteiger partial charge in [0.05, 0.1) is 5.75 Å². The number of halogens is 1. The van der Waals surface area contributed by atoms with Gasteiger partial charge < -0.3 is 10.0 Å². The highest BCUT2D eigenvalue weighted by molar-refractivity contribution is 8.13. The van der Waals surface area contributed by atoms with Crippen LogP contribution in [-0.2, 0) is 14.8 Å². The minimum absolute atomic E-state index is 0.142. The maximum absolute atomic E-state index is 11.2. The summed E-state index contributed by atoms with van der Waals surface area (Å²) in [7, 11) is -0.353. The van der Waals surface area contributed by atoms with Crippen molar-refractivity contribution in [1.29, 1.82) is 0 Å². The molecule has 0 spiro atoms. The van der Waals surface area contributed by atoms with Crippen LogP contribution in [-0.4, -0.2) is 31.9 Å². The Balaban J connectivity index is 3.73. The molecule has 2 N–H and O–H groups in total. The summed E-state index contributed by atoms with van der Waals surface area (Å²) in [4.78, 5) is 11.1. The summed E-state index contributed by atoms with van der Waals surface area (Å²) in [6, 6.07) is 0. The first kappa shape index (κ1) is 16.2. The predicted octanol–water partition coefficient (Wildman–Crippen LogP) is 0.173. The van der Waals surface area contributed by atoms with Crippen molar-refractivity contribution in [3.63, 3.8) is 0 Å². The Labute approximate surface area is 116 Å². The molecule has 1 rings (SSSR count). The van der Waals surface area contributed by atoms with Gasteiger partial charge in [0, 0.05) is 16.2 Å². The smallest absolute Gasteiger partial charge is 0.423 e. The van der Waals surface area contributed by atoms with Gasteiger partial charge in [-0.05, 0) is 48.5 Å². The normalized spacial score (nSPS) is 11.5. The minimum atomic E-state index is -3.81. The zero-order valence-electron chi connectivity index (χ0n) is 10.8. The van der Waals surface area contributed by atoms with E-state index in [9.17, 15) is 23.3 Å². The molecule has 5 nitrogen and oxygen atoms in total. The van der Waals surface area contributed by atoms with Crippen LogP contribution in [0, 0.1) is 20.8 Å². The molecule has 0 amide bonds. The van der Waals surface area contributed by atoms with Crippen molar-refractivity contribution in [3.8, 4) is 0 Å². The first-order valence-electron chi connectivity index (χ1n) is 5.46. The maximum Gasteiger partial charge on any atom is 0.489 e. The van der Waals surface area contributed by atoms with Gasteiger partial charge in [-0.25, -0.2) is 8.42 Å². The number of rotatable bonds is 4. The lowest BCUT2D eigenvalue weighted by Crippen LogP contribution is -2.36. The molecule has 8 heteroatoms. The molecular weight excluding hydrogens is 290 g/mol. The molecular formula is C11H14BClO5S. The topological polar surface area (TPSA) is 91.7 Å². The third-order valence-corrected chi connectivity index (χ3v) is 4.17. The van der Waals surface area contributed by atoms with E-state index in [4.69, 9.17) is 10.7 Å². The fraction of sp³-hybridized carbons (Fsp3) is 0.364. The van der Waals surface area contributed by atoms with Gasteiger partial charge in [0.15, 0.2) is 6.29 Å². The zero-order valence-corrected chi connectivity index (χ0v) is 12.3. The molecule has 0 bridgehead atoms. The second-order valence-electron chi connectivity index (χ2n) is 4.36. The lowest BCUT2D eigenvalue weighted by atomic mass is 9.71. The molecule has 0 aliphatic heterocycles. The molecule has 1 aromatic carbocycles. The monoisotopic (exact) mass is 304 g/mol. The lowest BCUT2D eigenvalue weighted by molar-refractivity contribution is 0.112. The number of carbonyl (C=O) groups is 1. The Morgan fingerprint density at radius 1 is 1.16 bits per heavy atom. The van der Waals surface area contributed by atoms with Crippen molar-refractivity contribution >= 4 is 38.6 Å². The summed E-state index contributed by atoms with van der Waals surface area (Å²) in [6.45, 7) is 4.76. The van der Waals surface area contributed by atoms with Crippen molar-refractivity contribution in [1.82, 2.24) is 0 Å². The van der Waals surface area contributed by atoms with Gasteiger partial charge in [0.25, 0.3) is 0 Å². The largest absolute Gasteiger partial charge is 0.489 e. The van der Waals surface area contributed by atoms with Crippen LogP contribution in [0.15, 0.2) is 0 Å². The van der Waals surface area contributed by atoms with Crippen LogP contribution in [0.3, 0.4) is 0 Å². The molecule has 0 atom stereocenters. The summed E-state index contributed by atoms with van der Waals surface area (Å²) >= 11 is 0. The Bertz CT molecular complexity index is 625. The van der Waals surface area contributed by atoms with Crippen molar-refractivity contribution in [2.24, 2.45) is 0 Å². The van der Waals surface area contributed by atoms with Gasteiger partial charge in [-0.3, -0.25) is 4.79 Å². The molecule has 19 heavy (non-hydrogen) atoms. The zero-order chi connectivity index (χ0) is 15.0. The third kappa shape index (κ3) is 3.36. The molecule has 0 radical (unpaired) electrons. The summed E-state index contributed by atoms with van der Waals surface area (Å²) in [5.41, 5.74) is 2.05. The van der Waals surface area contributed by atoms with Gasteiger partial charge in [0.2, 0.25) is 9.05 Å². The van der Waals surface area contributed by atoms with Crippen molar-refractivity contribution in [2.75, 3.05) is 0 Å². The van der Waals surface area contributed by atoms with E-state index in [-0.39, 0.29) is 11.0 Å². The van der Waals surface area contributed by atoms with Crippen LogP contribution in [0.1, 0.15) is 32.6 Å². The number of hydrogen-bond acceptors (Lipinski definition) is 5. The summed E-state index contributed by atoms with van der Waals surface area (Å²) in [5.74, 6) is -0.465. The standard InChI is InChI=1S/C11H14BClO5S/c1-6-9(4-14)7(2)11(12(15)16)8(3)10(6)5-19(13,17)18/h4,15-16H,5H2,1-3H3. The van der Waals surface area contributed by atoms with Crippen LogP contribution in [0.4, 0.5) is 0 Å². The summed E-state index contributed by atoms with van der Waals surface area (Å²) in [6.07, 6.45) is 0.570. The maximum atomic E-state index is 11.2. The van der Waals surface area contributed by atoms with Crippen LogP contribution >= 0.6 is 10.7 Å². The molecule has 0 saturated carbocycles. The fourth-order valence-electron chi connectivity index (χ4n) is 2.27. The average molecular weight is 305 g/mol. The molecule has 0 aromatic heterocycles. The lowest BCUT2D eigenvalue weighted by Gasteiger charge is -2.18. The van der Waals surface area contributed by atoms with E-state index in [0.717, 1.165) is 0 Å². The molecule has 1 aromatic rings. The van der Waals surface area contributed by atoms with E-state index >= 15 is 0 Å². The van der Waals surface area contributed by atoms with E-state index in [2.05, 4.69) is 0 Å². The van der Waals surface area contributed by atoms with Crippen molar-refractivity contribution in [2.45, 2.75) is 26.5 Å². The Morgan fingerprint density at radius 3 is 2.05 bits per heavy atom. The van der Waals surface area contributed by atoms with E-state index < -0.39 is 21.9 Å². The number of hydrogen-bond donors (Lipinski definition) is 2. The van der Waals surface area contributed by atoms with Gasteiger partial charge in [-0.15, -0.1) is 0 Å².